The van der Waals surface area contributed by atoms with Crippen molar-refractivity contribution in [2.75, 3.05) is 0 Å². The molecule has 1 aromatic carbocycles. The fourth-order valence-corrected chi connectivity index (χ4v) is 4.09. The van der Waals surface area contributed by atoms with Gasteiger partial charge in [-0.3, -0.25) is 4.79 Å². The highest BCUT2D eigenvalue weighted by atomic mass is 35.5. The standard InChI is InChI=1S/C20H16Cl3NOS/c1-13-2-4-14(5-3-13)10-11-24-18(16(21)12-17(22)20(24)25)8-6-15-7-9-19(23)26-15/h2-9,12H,10-11H2,1H3/b8-6+. The summed E-state index contributed by atoms with van der Waals surface area (Å²) in [5.41, 5.74) is 2.75. The van der Waals surface area contributed by atoms with Gasteiger partial charge in [-0.1, -0.05) is 64.6 Å². The van der Waals surface area contributed by atoms with Crippen LogP contribution in [0.5, 0.6) is 0 Å². The first-order chi connectivity index (χ1) is 12.4. The van der Waals surface area contributed by atoms with Gasteiger partial charge in [0.05, 0.1) is 15.1 Å². The second-order valence-electron chi connectivity index (χ2n) is 5.89. The molecule has 0 aliphatic carbocycles. The normalized spacial score (nSPS) is 11.4. The van der Waals surface area contributed by atoms with E-state index in [1.807, 2.05) is 31.2 Å². The van der Waals surface area contributed by atoms with E-state index < -0.39 is 0 Å². The van der Waals surface area contributed by atoms with Gasteiger partial charge in [0.25, 0.3) is 5.56 Å². The van der Waals surface area contributed by atoms with E-state index in [-0.39, 0.29) is 10.6 Å². The lowest BCUT2D eigenvalue weighted by atomic mass is 10.1. The van der Waals surface area contributed by atoms with Crippen LogP contribution in [-0.2, 0) is 13.0 Å². The lowest BCUT2D eigenvalue weighted by molar-refractivity contribution is 0.664. The fraction of sp³-hybridized carbons (Fsp3) is 0.150. The first-order valence-corrected chi connectivity index (χ1v) is 9.97. The lowest BCUT2D eigenvalue weighted by Gasteiger charge is -2.13. The molecule has 0 atom stereocenters. The van der Waals surface area contributed by atoms with Crippen molar-refractivity contribution >= 4 is 58.3 Å². The maximum Gasteiger partial charge on any atom is 0.269 e. The summed E-state index contributed by atoms with van der Waals surface area (Å²) < 4.78 is 2.33. The maximum atomic E-state index is 12.6. The monoisotopic (exact) mass is 423 g/mol. The first kappa shape index (κ1) is 19.2. The van der Waals surface area contributed by atoms with E-state index >= 15 is 0 Å². The van der Waals surface area contributed by atoms with Gasteiger partial charge in [-0.15, -0.1) is 11.3 Å². The summed E-state index contributed by atoms with van der Waals surface area (Å²) >= 11 is 19.8. The maximum absolute atomic E-state index is 12.6. The minimum absolute atomic E-state index is 0.121. The summed E-state index contributed by atoms with van der Waals surface area (Å²) in [5.74, 6) is 0. The average molecular weight is 425 g/mol. The van der Waals surface area contributed by atoms with Gasteiger partial charge in [-0.2, -0.15) is 0 Å². The molecule has 0 aliphatic rings. The molecule has 0 radical (unpaired) electrons. The van der Waals surface area contributed by atoms with Gasteiger partial charge in [0.1, 0.15) is 5.02 Å². The molecule has 2 heterocycles. The summed E-state index contributed by atoms with van der Waals surface area (Å²) in [6.45, 7) is 2.54. The number of benzene rings is 1. The summed E-state index contributed by atoms with van der Waals surface area (Å²) in [4.78, 5) is 13.5. The molecule has 0 aliphatic heterocycles. The Morgan fingerprint density at radius 2 is 1.73 bits per heavy atom. The molecule has 2 aromatic heterocycles. The van der Waals surface area contributed by atoms with Crippen molar-refractivity contribution in [1.82, 2.24) is 4.57 Å². The third-order valence-electron chi connectivity index (χ3n) is 3.98. The van der Waals surface area contributed by atoms with Crippen molar-refractivity contribution in [2.24, 2.45) is 0 Å². The van der Waals surface area contributed by atoms with Crippen molar-refractivity contribution in [3.05, 3.63) is 88.9 Å². The Morgan fingerprint density at radius 1 is 1.00 bits per heavy atom. The Kier molecular flexibility index (Phi) is 6.25. The van der Waals surface area contributed by atoms with Gasteiger partial charge >= 0.3 is 0 Å². The highest BCUT2D eigenvalue weighted by molar-refractivity contribution is 7.17. The number of hydrogen-bond acceptors (Lipinski definition) is 2. The van der Waals surface area contributed by atoms with Crippen LogP contribution in [0.2, 0.25) is 14.4 Å². The fourth-order valence-electron chi connectivity index (χ4n) is 2.58. The van der Waals surface area contributed by atoms with E-state index in [1.165, 1.54) is 23.0 Å². The summed E-state index contributed by atoms with van der Waals surface area (Å²) in [7, 11) is 0. The Labute approximate surface area is 171 Å². The van der Waals surface area contributed by atoms with Crippen LogP contribution in [0.3, 0.4) is 0 Å². The zero-order valence-corrected chi connectivity index (χ0v) is 17.1. The summed E-state index contributed by atoms with van der Waals surface area (Å²) in [5, 5.41) is 0.563. The zero-order valence-electron chi connectivity index (χ0n) is 14.0. The second kappa shape index (κ2) is 8.45. The van der Waals surface area contributed by atoms with Crippen molar-refractivity contribution in [3.63, 3.8) is 0 Å². The molecule has 0 bridgehead atoms. The smallest absolute Gasteiger partial charge is 0.269 e. The average Bonchev–Trinajstić information content (AvgIpc) is 3.02. The molecule has 26 heavy (non-hydrogen) atoms. The van der Waals surface area contributed by atoms with E-state index in [2.05, 4.69) is 24.3 Å². The molecule has 0 fully saturated rings. The Bertz CT molecular complexity index is 1000. The number of nitrogens with zero attached hydrogens (tertiary/aromatic N) is 1. The van der Waals surface area contributed by atoms with E-state index in [1.54, 1.807) is 4.57 Å². The van der Waals surface area contributed by atoms with Crippen molar-refractivity contribution < 1.29 is 0 Å². The molecular weight excluding hydrogens is 409 g/mol. The Morgan fingerprint density at radius 3 is 2.38 bits per heavy atom. The molecule has 6 heteroatoms. The predicted molar refractivity (Wildman–Crippen MR) is 114 cm³/mol. The van der Waals surface area contributed by atoms with E-state index in [4.69, 9.17) is 34.8 Å². The minimum Gasteiger partial charge on any atom is -0.306 e. The molecule has 0 spiro atoms. The van der Waals surface area contributed by atoms with Gasteiger partial charge in [0.2, 0.25) is 0 Å². The highest BCUT2D eigenvalue weighted by Crippen LogP contribution is 2.25. The van der Waals surface area contributed by atoms with Crippen LogP contribution in [0.4, 0.5) is 0 Å². The second-order valence-corrected chi connectivity index (χ2v) is 8.45. The van der Waals surface area contributed by atoms with Crippen LogP contribution in [-0.4, -0.2) is 4.57 Å². The molecule has 0 amide bonds. The third-order valence-corrected chi connectivity index (χ3v) is 5.75. The highest BCUT2D eigenvalue weighted by Gasteiger charge is 2.11. The number of rotatable bonds is 5. The van der Waals surface area contributed by atoms with Crippen molar-refractivity contribution in [1.29, 1.82) is 0 Å². The SMILES string of the molecule is Cc1ccc(CCn2c(/C=C/c3ccc(Cl)s3)c(Cl)cc(Cl)c2=O)cc1. The molecule has 3 rings (SSSR count). The van der Waals surface area contributed by atoms with E-state index in [0.717, 1.165) is 10.4 Å². The summed E-state index contributed by atoms with van der Waals surface area (Å²) in [6.07, 6.45) is 4.44. The molecule has 134 valence electrons. The van der Waals surface area contributed by atoms with Crippen LogP contribution in [0, 0.1) is 6.92 Å². The quantitative estimate of drug-likeness (QED) is 0.452. The largest absolute Gasteiger partial charge is 0.306 e. The van der Waals surface area contributed by atoms with E-state index in [0.29, 0.717) is 28.0 Å². The number of aryl methyl sites for hydroxylation is 2. The molecule has 0 unspecified atom stereocenters. The van der Waals surface area contributed by atoms with E-state index in [9.17, 15) is 4.79 Å². The van der Waals surface area contributed by atoms with Crippen molar-refractivity contribution in [3.8, 4) is 0 Å². The predicted octanol–water partition coefficient (Wildman–Crippen LogP) is 6.59. The first-order valence-electron chi connectivity index (χ1n) is 8.02. The zero-order chi connectivity index (χ0) is 18.7. The van der Waals surface area contributed by atoms with Gasteiger partial charge in [-0.25, -0.2) is 0 Å². The number of pyridine rings is 1. The third kappa shape index (κ3) is 4.60. The number of halogens is 3. The van der Waals surface area contributed by atoms with Crippen LogP contribution < -0.4 is 5.56 Å². The number of hydrogen-bond donors (Lipinski definition) is 0. The molecular formula is C20H16Cl3NOS. The lowest BCUT2D eigenvalue weighted by Crippen LogP contribution is -2.24. The van der Waals surface area contributed by atoms with Crippen LogP contribution in [0.25, 0.3) is 12.2 Å². The van der Waals surface area contributed by atoms with Crippen LogP contribution >= 0.6 is 46.1 Å². The van der Waals surface area contributed by atoms with Gasteiger partial charge in [0.15, 0.2) is 0 Å². The Balaban J connectivity index is 1.93. The molecule has 0 saturated heterocycles. The topological polar surface area (TPSA) is 22.0 Å². The number of aromatic nitrogens is 1. The Hall–Kier alpha value is -1.52. The van der Waals surface area contributed by atoms with Crippen molar-refractivity contribution in [2.45, 2.75) is 19.9 Å². The molecule has 0 N–H and O–H groups in total. The molecule has 0 saturated carbocycles. The molecule has 2 nitrogen and oxygen atoms in total. The van der Waals surface area contributed by atoms with Gasteiger partial charge in [0, 0.05) is 11.4 Å². The summed E-state index contributed by atoms with van der Waals surface area (Å²) in [6, 6.07) is 13.5. The van der Waals surface area contributed by atoms with Gasteiger partial charge < -0.3 is 4.57 Å². The van der Waals surface area contributed by atoms with Crippen LogP contribution in [0.1, 0.15) is 21.7 Å². The van der Waals surface area contributed by atoms with Crippen LogP contribution in [0.15, 0.2) is 47.3 Å². The minimum atomic E-state index is -0.243. The molecule has 3 aromatic rings. The van der Waals surface area contributed by atoms with Gasteiger partial charge in [-0.05, 0) is 49.3 Å². The number of thiophene rings is 1.